The Morgan fingerprint density at radius 1 is 1.26 bits per heavy atom. The zero-order chi connectivity index (χ0) is 14.0. The van der Waals surface area contributed by atoms with E-state index in [2.05, 4.69) is 0 Å². The number of carbonyl (C=O) groups is 1. The molecule has 6 heteroatoms. The van der Waals surface area contributed by atoms with Gasteiger partial charge >= 0.3 is 5.97 Å². The maximum absolute atomic E-state index is 11.6. The molecule has 1 heterocycles. The first-order chi connectivity index (χ1) is 8.99. The van der Waals surface area contributed by atoms with Gasteiger partial charge in [0.1, 0.15) is 11.7 Å². The van der Waals surface area contributed by atoms with Crippen LogP contribution in [0, 0.1) is 0 Å². The average Bonchev–Trinajstić information content (AvgIpc) is 2.37. The van der Waals surface area contributed by atoms with E-state index in [1.807, 2.05) is 0 Å². The molecule has 19 heavy (non-hydrogen) atoms. The molecule has 2 rings (SSSR count). The van der Waals surface area contributed by atoms with Crippen molar-refractivity contribution in [2.75, 3.05) is 0 Å². The molecule has 100 valence electrons. The third kappa shape index (κ3) is 2.81. The molecule has 2 atom stereocenters. The number of aliphatic carboxylic acids is 1. The fourth-order valence-electron chi connectivity index (χ4n) is 1.80. The molecule has 0 aliphatic rings. The van der Waals surface area contributed by atoms with Crippen molar-refractivity contribution in [2.24, 2.45) is 0 Å². The van der Waals surface area contributed by atoms with Gasteiger partial charge in [0.15, 0.2) is 5.43 Å². The van der Waals surface area contributed by atoms with Crippen LogP contribution < -0.4 is 5.43 Å². The van der Waals surface area contributed by atoms with Gasteiger partial charge in [-0.25, -0.2) is 0 Å². The van der Waals surface area contributed by atoms with Crippen molar-refractivity contribution in [3.63, 3.8) is 0 Å². The molecule has 6 nitrogen and oxygen atoms in total. The lowest BCUT2D eigenvalue weighted by Gasteiger charge is -2.16. The predicted molar refractivity (Wildman–Crippen MR) is 65.7 cm³/mol. The van der Waals surface area contributed by atoms with Crippen LogP contribution in [0.25, 0.3) is 11.0 Å². The summed E-state index contributed by atoms with van der Waals surface area (Å²) in [6.45, 7) is 0. The van der Waals surface area contributed by atoms with E-state index in [0.717, 1.165) is 0 Å². The van der Waals surface area contributed by atoms with E-state index in [4.69, 9.17) is 9.52 Å². The molecule has 0 aliphatic heterocycles. The van der Waals surface area contributed by atoms with E-state index < -0.39 is 24.6 Å². The monoisotopic (exact) mass is 264 g/mol. The van der Waals surface area contributed by atoms with Crippen molar-refractivity contribution in [2.45, 2.75) is 18.6 Å². The molecular formula is C13H12O6. The molecule has 1 aromatic carbocycles. The highest BCUT2D eigenvalue weighted by atomic mass is 16.4. The van der Waals surface area contributed by atoms with Crippen LogP contribution in [-0.2, 0) is 4.79 Å². The number of aliphatic hydroxyl groups excluding tert-OH is 2. The third-order valence-electron chi connectivity index (χ3n) is 2.77. The normalized spacial score (nSPS) is 14.2. The zero-order valence-electron chi connectivity index (χ0n) is 9.81. The minimum atomic E-state index is -1.44. The molecular weight excluding hydrogens is 252 g/mol. The summed E-state index contributed by atoms with van der Waals surface area (Å²) in [7, 11) is 0. The third-order valence-corrected chi connectivity index (χ3v) is 2.77. The van der Waals surface area contributed by atoms with Crippen LogP contribution in [0.1, 0.15) is 18.1 Å². The molecule has 3 N–H and O–H groups in total. The number of hydrogen-bond donors (Lipinski definition) is 3. The van der Waals surface area contributed by atoms with Gasteiger partial charge < -0.3 is 19.7 Å². The van der Waals surface area contributed by atoms with E-state index in [0.29, 0.717) is 5.58 Å². The second-order valence-corrected chi connectivity index (χ2v) is 4.15. The number of benzene rings is 1. The molecule has 0 fully saturated rings. The fourth-order valence-corrected chi connectivity index (χ4v) is 1.80. The maximum atomic E-state index is 11.6. The quantitative estimate of drug-likeness (QED) is 0.748. The fraction of sp³-hybridized carbons (Fsp3) is 0.231. The Morgan fingerprint density at radius 3 is 2.68 bits per heavy atom. The van der Waals surface area contributed by atoms with Crippen molar-refractivity contribution in [3.8, 4) is 0 Å². The minimum absolute atomic E-state index is 0.264. The van der Waals surface area contributed by atoms with Crippen LogP contribution in [-0.4, -0.2) is 27.4 Å². The van der Waals surface area contributed by atoms with Crippen molar-refractivity contribution in [1.82, 2.24) is 0 Å². The molecule has 0 aliphatic carbocycles. The van der Waals surface area contributed by atoms with Gasteiger partial charge in [0, 0.05) is 6.07 Å². The van der Waals surface area contributed by atoms with Gasteiger partial charge in [0.25, 0.3) is 0 Å². The molecule has 2 aromatic rings. The lowest BCUT2D eigenvalue weighted by Crippen LogP contribution is -2.21. The lowest BCUT2D eigenvalue weighted by atomic mass is 10.0. The first kappa shape index (κ1) is 13.3. The van der Waals surface area contributed by atoms with E-state index in [9.17, 15) is 19.8 Å². The first-order valence-corrected chi connectivity index (χ1v) is 5.58. The topological polar surface area (TPSA) is 108 Å². The summed E-state index contributed by atoms with van der Waals surface area (Å²) in [6.07, 6.45) is -2.13. The minimum Gasteiger partial charge on any atom is -0.481 e. The van der Waals surface area contributed by atoms with E-state index in [-0.39, 0.29) is 16.4 Å². The Kier molecular flexibility index (Phi) is 3.64. The van der Waals surface area contributed by atoms with Crippen molar-refractivity contribution in [1.29, 1.82) is 0 Å². The summed E-state index contributed by atoms with van der Waals surface area (Å²) in [5.41, 5.74) is 0.346. The maximum Gasteiger partial charge on any atom is 0.306 e. The summed E-state index contributed by atoms with van der Waals surface area (Å²) >= 11 is 0. The van der Waals surface area contributed by atoms with Gasteiger partial charge in [-0.1, -0.05) is 6.07 Å². The number of hydrogen-bond acceptors (Lipinski definition) is 5. The molecule has 0 spiro atoms. The second-order valence-electron chi connectivity index (χ2n) is 4.15. The van der Waals surface area contributed by atoms with Crippen LogP contribution in [0.5, 0.6) is 0 Å². The highest BCUT2D eigenvalue weighted by molar-refractivity contribution is 5.77. The Hall–Kier alpha value is -2.18. The van der Waals surface area contributed by atoms with Crippen LogP contribution in [0.2, 0.25) is 0 Å². The van der Waals surface area contributed by atoms with Crippen LogP contribution in [0.15, 0.2) is 39.7 Å². The van der Waals surface area contributed by atoms with E-state index in [1.54, 1.807) is 0 Å². The summed E-state index contributed by atoms with van der Waals surface area (Å²) in [4.78, 5) is 22.1. The van der Waals surface area contributed by atoms with Gasteiger partial charge in [-0.3, -0.25) is 9.59 Å². The lowest BCUT2D eigenvalue weighted by molar-refractivity contribution is -0.141. The van der Waals surface area contributed by atoms with Crippen molar-refractivity contribution < 1.29 is 24.5 Å². The van der Waals surface area contributed by atoms with Gasteiger partial charge in [-0.2, -0.15) is 0 Å². The predicted octanol–water partition coefficient (Wildman–Crippen LogP) is 0.662. The average molecular weight is 264 g/mol. The Balaban J connectivity index is 2.38. The number of aliphatic hydroxyl groups is 2. The molecule has 1 aromatic heterocycles. The van der Waals surface area contributed by atoms with Crippen LogP contribution in [0.4, 0.5) is 0 Å². The van der Waals surface area contributed by atoms with E-state index >= 15 is 0 Å². The van der Waals surface area contributed by atoms with Crippen molar-refractivity contribution in [3.05, 3.63) is 46.3 Å². The summed E-state index contributed by atoms with van der Waals surface area (Å²) < 4.78 is 5.11. The molecule has 0 saturated heterocycles. The Morgan fingerprint density at radius 2 is 2.00 bits per heavy atom. The van der Waals surface area contributed by atoms with Crippen molar-refractivity contribution >= 4 is 16.9 Å². The summed E-state index contributed by atoms with van der Waals surface area (Å²) in [5, 5.41) is 28.2. The van der Waals surface area contributed by atoms with Gasteiger partial charge in [-0.15, -0.1) is 0 Å². The van der Waals surface area contributed by atoms with Gasteiger partial charge in [0.2, 0.25) is 0 Å². The summed E-state index contributed by atoms with van der Waals surface area (Å²) in [5.74, 6) is -1.22. The number of carboxylic acid groups (broad SMARTS) is 1. The van der Waals surface area contributed by atoms with Crippen LogP contribution in [0.3, 0.4) is 0 Å². The molecule has 0 radical (unpaired) electrons. The SMILES string of the molecule is O=C(O)CC(O)C(O)c1ccc2occc(=O)c2c1. The standard InChI is InChI=1S/C13H12O6/c14-9-3-4-19-11-2-1-7(5-8(9)11)13(18)10(15)6-12(16)17/h1-5,10,13,15,18H,6H2,(H,16,17). The Bertz CT molecular complexity index is 659. The summed E-state index contributed by atoms with van der Waals surface area (Å²) in [6, 6.07) is 5.59. The van der Waals surface area contributed by atoms with Crippen LogP contribution >= 0.6 is 0 Å². The number of fused-ring (bicyclic) bond motifs is 1. The largest absolute Gasteiger partial charge is 0.481 e. The van der Waals surface area contributed by atoms with Gasteiger partial charge in [-0.05, 0) is 17.7 Å². The highest BCUT2D eigenvalue weighted by Gasteiger charge is 2.21. The second kappa shape index (κ2) is 5.21. The zero-order valence-corrected chi connectivity index (χ0v) is 9.81. The molecule has 2 unspecified atom stereocenters. The molecule has 0 saturated carbocycles. The Labute approximate surface area is 107 Å². The smallest absolute Gasteiger partial charge is 0.306 e. The van der Waals surface area contributed by atoms with Gasteiger partial charge in [0.05, 0.1) is 24.2 Å². The number of carboxylic acids is 1. The number of rotatable bonds is 4. The highest BCUT2D eigenvalue weighted by Crippen LogP contribution is 2.22. The van der Waals surface area contributed by atoms with E-state index in [1.165, 1.54) is 30.5 Å². The molecule has 0 bridgehead atoms. The molecule has 0 amide bonds. The first-order valence-electron chi connectivity index (χ1n) is 5.58.